The Morgan fingerprint density at radius 1 is 1.32 bits per heavy atom. The predicted octanol–water partition coefficient (Wildman–Crippen LogP) is 1.68. The van der Waals surface area contributed by atoms with Crippen LogP contribution in [-0.4, -0.2) is 49.8 Å². The van der Waals surface area contributed by atoms with Gasteiger partial charge in [-0.05, 0) is 43.9 Å². The van der Waals surface area contributed by atoms with Gasteiger partial charge in [-0.3, -0.25) is 4.79 Å². The summed E-state index contributed by atoms with van der Waals surface area (Å²) in [6.45, 7) is 5.18. The fraction of sp³-hybridized carbons (Fsp3) is 0.526. The molecule has 8 nitrogen and oxygen atoms in total. The van der Waals surface area contributed by atoms with Crippen molar-refractivity contribution in [2.45, 2.75) is 44.0 Å². The largest absolute Gasteiger partial charge is 0.452 e. The number of nitrogens with zero attached hydrogens (tertiary/aromatic N) is 2. The number of benzene rings is 1. The summed E-state index contributed by atoms with van der Waals surface area (Å²) in [5, 5.41) is 11.9. The number of carbonyl (C=O) groups excluding carboxylic acids is 2. The highest BCUT2D eigenvalue weighted by Gasteiger charge is 2.43. The van der Waals surface area contributed by atoms with Crippen molar-refractivity contribution in [3.63, 3.8) is 0 Å². The molecule has 0 bridgehead atoms. The number of sulfonamides is 1. The number of nitrogens with one attached hydrogen (secondary N) is 1. The minimum atomic E-state index is -3.71. The van der Waals surface area contributed by atoms with E-state index in [9.17, 15) is 23.3 Å². The molecule has 0 aromatic heterocycles. The van der Waals surface area contributed by atoms with E-state index in [1.807, 2.05) is 0 Å². The zero-order valence-electron chi connectivity index (χ0n) is 16.3. The third-order valence-electron chi connectivity index (χ3n) is 4.77. The summed E-state index contributed by atoms with van der Waals surface area (Å²) in [5.41, 5.74) is -0.937. The first-order valence-corrected chi connectivity index (χ1v) is 10.6. The first kappa shape index (κ1) is 21.9. The summed E-state index contributed by atoms with van der Waals surface area (Å²) in [4.78, 5) is 24.3. The molecule has 0 radical (unpaired) electrons. The maximum atomic E-state index is 12.6. The van der Waals surface area contributed by atoms with Gasteiger partial charge in [0.15, 0.2) is 6.61 Å². The molecule has 1 atom stereocenters. The Bertz CT molecular complexity index is 885. The molecule has 1 N–H and O–H groups in total. The lowest BCUT2D eigenvalue weighted by Gasteiger charge is -2.22. The van der Waals surface area contributed by atoms with Crippen molar-refractivity contribution in [2.24, 2.45) is 5.92 Å². The van der Waals surface area contributed by atoms with E-state index in [2.05, 4.69) is 11.4 Å². The third-order valence-corrected chi connectivity index (χ3v) is 6.82. The number of hydrogen-bond acceptors (Lipinski definition) is 6. The first-order chi connectivity index (χ1) is 13.2. The topological polar surface area (TPSA) is 117 Å². The molecule has 1 aliphatic carbocycles. The number of hydrogen-bond donors (Lipinski definition) is 1. The van der Waals surface area contributed by atoms with Crippen LogP contribution in [0.1, 0.15) is 44.0 Å². The van der Waals surface area contributed by atoms with Crippen LogP contribution in [-0.2, 0) is 19.6 Å². The van der Waals surface area contributed by atoms with Crippen LogP contribution in [0.25, 0.3) is 0 Å². The molecular weight excluding hydrogens is 382 g/mol. The van der Waals surface area contributed by atoms with Crippen molar-refractivity contribution in [3.05, 3.63) is 29.8 Å². The maximum absolute atomic E-state index is 12.6. The average molecular weight is 407 g/mol. The minimum absolute atomic E-state index is 0.0131. The molecule has 1 fully saturated rings. The van der Waals surface area contributed by atoms with E-state index in [-0.39, 0.29) is 16.4 Å². The van der Waals surface area contributed by atoms with E-state index in [1.54, 1.807) is 20.8 Å². The summed E-state index contributed by atoms with van der Waals surface area (Å²) >= 11 is 0. The quantitative estimate of drug-likeness (QED) is 0.623. The Balaban J connectivity index is 2.03. The van der Waals surface area contributed by atoms with Gasteiger partial charge in [0.05, 0.1) is 16.5 Å². The Morgan fingerprint density at radius 3 is 2.50 bits per heavy atom. The van der Waals surface area contributed by atoms with E-state index in [0.29, 0.717) is 13.1 Å². The van der Waals surface area contributed by atoms with Crippen LogP contribution < -0.4 is 5.32 Å². The predicted molar refractivity (Wildman–Crippen MR) is 102 cm³/mol. The molecule has 0 spiro atoms. The van der Waals surface area contributed by atoms with Gasteiger partial charge < -0.3 is 10.1 Å². The number of nitriles is 1. The van der Waals surface area contributed by atoms with Crippen molar-refractivity contribution in [1.82, 2.24) is 9.62 Å². The maximum Gasteiger partial charge on any atom is 0.338 e. The van der Waals surface area contributed by atoms with Crippen molar-refractivity contribution < 1.29 is 22.7 Å². The van der Waals surface area contributed by atoms with Crippen molar-refractivity contribution in [1.29, 1.82) is 5.26 Å². The lowest BCUT2D eigenvalue weighted by molar-refractivity contribution is -0.125. The molecule has 0 heterocycles. The van der Waals surface area contributed by atoms with Gasteiger partial charge in [-0.1, -0.05) is 19.9 Å². The number of amides is 1. The molecule has 1 aliphatic rings. The lowest BCUT2D eigenvalue weighted by Crippen LogP contribution is -2.48. The number of ether oxygens (including phenoxy) is 1. The van der Waals surface area contributed by atoms with Gasteiger partial charge in [0.1, 0.15) is 5.54 Å². The van der Waals surface area contributed by atoms with Crippen LogP contribution >= 0.6 is 0 Å². The monoisotopic (exact) mass is 407 g/mol. The van der Waals surface area contributed by atoms with Gasteiger partial charge in [0.25, 0.3) is 5.91 Å². The van der Waals surface area contributed by atoms with Gasteiger partial charge in [-0.25, -0.2) is 13.2 Å². The second-order valence-electron chi connectivity index (χ2n) is 6.83. The van der Waals surface area contributed by atoms with E-state index < -0.39 is 34.0 Å². The molecule has 1 saturated carbocycles. The van der Waals surface area contributed by atoms with Crippen LogP contribution in [0, 0.1) is 17.2 Å². The van der Waals surface area contributed by atoms with Crippen LogP contribution in [0.15, 0.2) is 29.2 Å². The normalized spacial score (nSPS) is 16.1. The number of esters is 1. The van der Waals surface area contributed by atoms with Crippen molar-refractivity contribution in [2.75, 3.05) is 19.7 Å². The second kappa shape index (κ2) is 8.71. The first-order valence-electron chi connectivity index (χ1n) is 9.17. The van der Waals surface area contributed by atoms with E-state index >= 15 is 0 Å². The highest BCUT2D eigenvalue weighted by Crippen LogP contribution is 2.39. The van der Waals surface area contributed by atoms with E-state index in [1.165, 1.54) is 28.6 Å². The molecule has 28 heavy (non-hydrogen) atoms. The van der Waals surface area contributed by atoms with Crippen molar-refractivity contribution >= 4 is 21.9 Å². The fourth-order valence-electron chi connectivity index (χ4n) is 2.92. The van der Waals surface area contributed by atoms with Crippen molar-refractivity contribution in [3.8, 4) is 6.07 Å². The molecule has 0 unspecified atom stereocenters. The number of rotatable bonds is 9. The molecule has 0 saturated heterocycles. The highest BCUT2D eigenvalue weighted by atomic mass is 32.2. The molecular formula is C19H25N3O5S. The minimum Gasteiger partial charge on any atom is -0.452 e. The molecule has 1 amide bonds. The molecule has 2 rings (SSSR count). The molecule has 1 aromatic rings. The summed E-state index contributed by atoms with van der Waals surface area (Å²) in [7, 11) is -3.71. The van der Waals surface area contributed by atoms with E-state index in [0.717, 1.165) is 12.8 Å². The average Bonchev–Trinajstić information content (AvgIpc) is 3.52. The second-order valence-corrected chi connectivity index (χ2v) is 8.77. The zero-order valence-corrected chi connectivity index (χ0v) is 17.1. The smallest absolute Gasteiger partial charge is 0.338 e. The summed E-state index contributed by atoms with van der Waals surface area (Å²) in [6.07, 6.45) is 1.75. The molecule has 152 valence electrons. The van der Waals surface area contributed by atoms with Gasteiger partial charge >= 0.3 is 5.97 Å². The van der Waals surface area contributed by atoms with Gasteiger partial charge in [0.2, 0.25) is 10.0 Å². The lowest BCUT2D eigenvalue weighted by atomic mass is 9.98. The summed E-state index contributed by atoms with van der Waals surface area (Å²) < 4.78 is 31.4. The summed E-state index contributed by atoms with van der Waals surface area (Å²) in [5.74, 6) is -1.27. The zero-order chi connectivity index (χ0) is 20.9. The van der Waals surface area contributed by atoms with Gasteiger partial charge in [-0.15, -0.1) is 0 Å². The molecule has 9 heteroatoms. The Hall–Kier alpha value is -2.44. The molecule has 0 aliphatic heterocycles. The highest BCUT2D eigenvalue weighted by molar-refractivity contribution is 7.89. The van der Waals surface area contributed by atoms with E-state index in [4.69, 9.17) is 4.74 Å². The molecule has 1 aromatic carbocycles. The van der Waals surface area contributed by atoms with Crippen LogP contribution in [0.5, 0.6) is 0 Å². The standard InChI is InChI=1S/C19H25N3O5S/c1-4-22(5-2)28(25,26)16-8-6-7-14(11-16)18(24)27-12-17(23)21-19(3,13-20)15-9-10-15/h6-8,11,15H,4-5,9-10,12H2,1-3H3,(H,21,23)/t19-/m0/s1. The van der Waals surface area contributed by atoms with Crippen LogP contribution in [0.3, 0.4) is 0 Å². The Labute approximate surface area is 165 Å². The Morgan fingerprint density at radius 2 is 1.96 bits per heavy atom. The van der Waals surface area contributed by atoms with Crippen LogP contribution in [0.4, 0.5) is 0 Å². The number of carbonyl (C=O) groups is 2. The van der Waals surface area contributed by atoms with Gasteiger partial charge in [0, 0.05) is 13.1 Å². The van der Waals surface area contributed by atoms with Gasteiger partial charge in [-0.2, -0.15) is 9.57 Å². The Kier molecular flexibility index (Phi) is 6.80. The fourth-order valence-corrected chi connectivity index (χ4v) is 4.42. The van der Waals surface area contributed by atoms with Crippen LogP contribution in [0.2, 0.25) is 0 Å². The third kappa shape index (κ3) is 4.88. The SMILES string of the molecule is CCN(CC)S(=O)(=O)c1cccc(C(=O)OCC(=O)N[C@@](C)(C#N)C2CC2)c1. The summed E-state index contributed by atoms with van der Waals surface area (Å²) in [6, 6.07) is 7.61.